The molecule has 2 aromatic rings. The monoisotopic (exact) mass is 309 g/mol. The lowest BCUT2D eigenvalue weighted by Gasteiger charge is -2.56. The number of nitrogens with zero attached hydrogens (tertiary/aromatic N) is 1. The maximum Gasteiger partial charge on any atom is 0.267 e. The molecule has 4 bridgehead atoms. The summed E-state index contributed by atoms with van der Waals surface area (Å²) >= 11 is 0. The highest BCUT2D eigenvalue weighted by molar-refractivity contribution is 5.97. The normalized spacial score (nSPS) is 34.9. The van der Waals surface area contributed by atoms with E-state index < -0.39 is 0 Å². The molecule has 3 unspecified atom stereocenters. The molecule has 1 amide bonds. The zero-order valence-electron chi connectivity index (χ0n) is 13.3. The molecule has 2 N–H and O–H groups in total. The van der Waals surface area contributed by atoms with E-state index in [1.807, 2.05) is 30.3 Å². The summed E-state index contributed by atoms with van der Waals surface area (Å²) in [5.41, 5.74) is 1.71. The summed E-state index contributed by atoms with van der Waals surface area (Å²) in [6, 6.07) is 9.99. The Morgan fingerprint density at radius 2 is 1.96 bits per heavy atom. The average Bonchev–Trinajstić information content (AvgIpc) is 2.97. The Balaban J connectivity index is 1.28. The van der Waals surface area contributed by atoms with Gasteiger partial charge in [0.15, 0.2) is 0 Å². The molecule has 4 heteroatoms. The summed E-state index contributed by atoms with van der Waals surface area (Å²) in [5, 5.41) is 4.30. The van der Waals surface area contributed by atoms with Gasteiger partial charge in [-0.05, 0) is 48.6 Å². The van der Waals surface area contributed by atoms with Crippen LogP contribution in [-0.4, -0.2) is 42.0 Å². The molecule has 3 aliphatic heterocycles. The van der Waals surface area contributed by atoms with E-state index in [-0.39, 0.29) is 5.91 Å². The molecule has 4 aliphatic rings. The van der Waals surface area contributed by atoms with E-state index in [4.69, 9.17) is 0 Å². The third-order valence-corrected chi connectivity index (χ3v) is 6.26. The van der Waals surface area contributed by atoms with Gasteiger partial charge in [0.2, 0.25) is 0 Å². The van der Waals surface area contributed by atoms with Crippen molar-refractivity contribution in [1.29, 1.82) is 0 Å². The van der Waals surface area contributed by atoms with Crippen LogP contribution in [0.2, 0.25) is 0 Å². The van der Waals surface area contributed by atoms with Crippen molar-refractivity contribution in [3.05, 3.63) is 36.0 Å². The molecule has 1 saturated carbocycles. The first-order valence-corrected chi connectivity index (χ1v) is 8.84. The van der Waals surface area contributed by atoms with Crippen LogP contribution in [0.3, 0.4) is 0 Å². The van der Waals surface area contributed by atoms with Gasteiger partial charge >= 0.3 is 0 Å². The largest absolute Gasteiger partial charge is 0.351 e. The first kappa shape index (κ1) is 13.6. The number of fused-ring (bicyclic) bond motifs is 1. The molecule has 1 aromatic carbocycles. The van der Waals surface area contributed by atoms with Gasteiger partial charge in [-0.3, -0.25) is 4.79 Å². The van der Waals surface area contributed by atoms with Gasteiger partial charge in [0, 0.05) is 37.1 Å². The lowest BCUT2D eigenvalue weighted by Crippen LogP contribution is -2.59. The van der Waals surface area contributed by atoms with Crippen molar-refractivity contribution >= 4 is 16.8 Å². The summed E-state index contributed by atoms with van der Waals surface area (Å²) in [6.07, 6.45) is 2.75. The third kappa shape index (κ3) is 2.27. The number of hydrogen-bond donors (Lipinski definition) is 2. The molecule has 1 aliphatic carbocycles. The van der Waals surface area contributed by atoms with Crippen LogP contribution >= 0.6 is 0 Å². The van der Waals surface area contributed by atoms with Crippen LogP contribution < -0.4 is 5.32 Å². The minimum atomic E-state index is 0.0373. The van der Waals surface area contributed by atoms with Gasteiger partial charge in [-0.15, -0.1) is 0 Å². The van der Waals surface area contributed by atoms with Crippen molar-refractivity contribution < 1.29 is 4.79 Å². The topological polar surface area (TPSA) is 48.1 Å². The standard InChI is InChI=1S/C19H23N3O/c23-19(18-7-13-3-1-2-4-17(13)21-18)20-8-16-14-5-12-6-15(16)11-22(9-12)10-14/h1-4,7,12,14-16,21H,5-6,8-11H2,(H,20,23)/t12?,14-,15+,16?. The number of nitrogens with one attached hydrogen (secondary N) is 2. The molecule has 5 atom stereocenters. The van der Waals surface area contributed by atoms with Crippen molar-refractivity contribution in [3.63, 3.8) is 0 Å². The summed E-state index contributed by atoms with van der Waals surface area (Å²) in [5.74, 6) is 3.23. The fraction of sp³-hybridized carbons (Fsp3) is 0.526. The summed E-state index contributed by atoms with van der Waals surface area (Å²) in [4.78, 5) is 18.4. The molecule has 0 radical (unpaired) electrons. The van der Waals surface area contributed by atoms with E-state index in [9.17, 15) is 4.79 Å². The predicted molar refractivity (Wildman–Crippen MR) is 90.3 cm³/mol. The molecule has 4 nitrogen and oxygen atoms in total. The van der Waals surface area contributed by atoms with Crippen LogP contribution in [0.15, 0.2) is 30.3 Å². The quantitative estimate of drug-likeness (QED) is 0.915. The van der Waals surface area contributed by atoms with Crippen molar-refractivity contribution in [1.82, 2.24) is 15.2 Å². The highest BCUT2D eigenvalue weighted by Crippen LogP contribution is 2.46. The van der Waals surface area contributed by atoms with Gasteiger partial charge in [-0.2, -0.15) is 0 Å². The molecule has 4 fully saturated rings. The smallest absolute Gasteiger partial charge is 0.267 e. The van der Waals surface area contributed by atoms with Crippen LogP contribution in [0, 0.1) is 23.7 Å². The number of amides is 1. The lowest BCUT2D eigenvalue weighted by molar-refractivity contribution is -0.0624. The molecular formula is C19H23N3O. The Morgan fingerprint density at radius 1 is 1.17 bits per heavy atom. The summed E-state index contributed by atoms with van der Waals surface area (Å²) in [6.45, 7) is 4.66. The molecule has 23 heavy (non-hydrogen) atoms. The van der Waals surface area contributed by atoms with Gasteiger partial charge in [0.1, 0.15) is 5.69 Å². The number of piperidine rings is 3. The number of hydrogen-bond acceptors (Lipinski definition) is 2. The van der Waals surface area contributed by atoms with Gasteiger partial charge in [-0.25, -0.2) is 0 Å². The van der Waals surface area contributed by atoms with Crippen molar-refractivity contribution in [2.45, 2.75) is 12.8 Å². The second-order valence-corrected chi connectivity index (χ2v) is 7.72. The molecule has 1 aromatic heterocycles. The van der Waals surface area contributed by atoms with Crippen LogP contribution in [0.4, 0.5) is 0 Å². The maximum atomic E-state index is 12.5. The second-order valence-electron chi connectivity index (χ2n) is 7.72. The minimum Gasteiger partial charge on any atom is -0.351 e. The Bertz CT molecular complexity index is 689. The fourth-order valence-electron chi connectivity index (χ4n) is 5.34. The fourth-order valence-corrected chi connectivity index (χ4v) is 5.34. The lowest BCUT2D eigenvalue weighted by atomic mass is 9.62. The van der Waals surface area contributed by atoms with Gasteiger partial charge in [-0.1, -0.05) is 18.2 Å². The number of rotatable bonds is 3. The van der Waals surface area contributed by atoms with E-state index in [0.29, 0.717) is 11.6 Å². The number of aromatic nitrogens is 1. The van der Waals surface area contributed by atoms with E-state index in [2.05, 4.69) is 15.2 Å². The first-order valence-electron chi connectivity index (χ1n) is 8.84. The van der Waals surface area contributed by atoms with Gasteiger partial charge in [0.25, 0.3) is 5.91 Å². The highest BCUT2D eigenvalue weighted by Gasteiger charge is 2.47. The van der Waals surface area contributed by atoms with E-state index >= 15 is 0 Å². The zero-order valence-corrected chi connectivity index (χ0v) is 13.3. The number of para-hydroxylation sites is 1. The molecule has 120 valence electrons. The van der Waals surface area contributed by atoms with E-state index in [1.54, 1.807) is 0 Å². The minimum absolute atomic E-state index is 0.0373. The number of carbonyl (C=O) groups excluding carboxylic acids is 1. The summed E-state index contributed by atoms with van der Waals surface area (Å²) in [7, 11) is 0. The Morgan fingerprint density at radius 3 is 2.70 bits per heavy atom. The van der Waals surface area contributed by atoms with Crippen LogP contribution in [0.25, 0.3) is 10.9 Å². The van der Waals surface area contributed by atoms with Gasteiger partial charge < -0.3 is 15.2 Å². The molecule has 0 spiro atoms. The Kier molecular flexibility index (Phi) is 3.02. The SMILES string of the molecule is O=C(NCC1[C@@H]2CC3C[C@H]1CN(C3)C2)c1cc2ccccc2[nH]1. The van der Waals surface area contributed by atoms with Crippen LogP contribution in [0.5, 0.6) is 0 Å². The van der Waals surface area contributed by atoms with Crippen molar-refractivity contribution in [2.75, 3.05) is 26.2 Å². The second kappa shape index (κ2) is 5.10. The molecule has 3 saturated heterocycles. The van der Waals surface area contributed by atoms with Crippen molar-refractivity contribution in [2.24, 2.45) is 23.7 Å². The van der Waals surface area contributed by atoms with E-state index in [1.165, 1.54) is 32.5 Å². The first-order chi connectivity index (χ1) is 11.3. The molecule has 6 rings (SSSR count). The average molecular weight is 309 g/mol. The summed E-state index contributed by atoms with van der Waals surface area (Å²) < 4.78 is 0. The maximum absolute atomic E-state index is 12.5. The molecule has 4 heterocycles. The molecular weight excluding hydrogens is 286 g/mol. The Hall–Kier alpha value is -1.81. The third-order valence-electron chi connectivity index (χ3n) is 6.26. The zero-order chi connectivity index (χ0) is 15.4. The number of carbonyl (C=O) groups is 1. The van der Waals surface area contributed by atoms with Crippen molar-refractivity contribution in [3.8, 4) is 0 Å². The highest BCUT2D eigenvalue weighted by atomic mass is 16.1. The predicted octanol–water partition coefficient (Wildman–Crippen LogP) is 2.49. The number of aromatic amines is 1. The number of H-pyrrole nitrogens is 1. The number of benzene rings is 1. The van der Waals surface area contributed by atoms with Gasteiger partial charge in [0.05, 0.1) is 0 Å². The van der Waals surface area contributed by atoms with Crippen LogP contribution in [-0.2, 0) is 0 Å². The Labute approximate surface area is 136 Å². The van der Waals surface area contributed by atoms with E-state index in [0.717, 1.165) is 35.2 Å². The van der Waals surface area contributed by atoms with Crippen LogP contribution in [0.1, 0.15) is 23.3 Å².